The monoisotopic (exact) mass is 376 g/mol. The van der Waals surface area contributed by atoms with E-state index in [9.17, 15) is 0 Å². The van der Waals surface area contributed by atoms with E-state index in [1.807, 2.05) is 13.0 Å². The lowest BCUT2D eigenvalue weighted by Gasteiger charge is -2.23. The molecule has 0 spiro atoms. The fraction of sp³-hybridized carbons (Fsp3) is 0.474. The number of anilines is 3. The number of hydrogen-bond donors (Lipinski definition) is 2. The lowest BCUT2D eigenvalue weighted by molar-refractivity contribution is 0.405. The zero-order valence-corrected chi connectivity index (χ0v) is 16.2. The Morgan fingerprint density at radius 1 is 1.00 bits per heavy atom. The highest BCUT2D eigenvalue weighted by Crippen LogP contribution is 2.37. The normalized spacial score (nSPS) is 14.8. The minimum absolute atomic E-state index is 0.448. The van der Waals surface area contributed by atoms with Crippen molar-refractivity contribution in [1.29, 1.82) is 0 Å². The maximum absolute atomic E-state index is 6.17. The van der Waals surface area contributed by atoms with Crippen molar-refractivity contribution in [1.82, 2.24) is 9.97 Å². The van der Waals surface area contributed by atoms with E-state index in [2.05, 4.69) is 20.6 Å². The Morgan fingerprint density at radius 2 is 1.73 bits per heavy atom. The van der Waals surface area contributed by atoms with Crippen LogP contribution in [0.2, 0.25) is 5.02 Å². The van der Waals surface area contributed by atoms with Crippen molar-refractivity contribution in [2.24, 2.45) is 0 Å². The van der Waals surface area contributed by atoms with Crippen molar-refractivity contribution in [2.45, 2.75) is 45.1 Å². The molecule has 7 heteroatoms. The molecule has 0 bridgehead atoms. The molecule has 2 aromatic rings. The van der Waals surface area contributed by atoms with Gasteiger partial charge in [-0.1, -0.05) is 30.9 Å². The topological polar surface area (TPSA) is 68.3 Å². The Morgan fingerprint density at radius 3 is 2.42 bits per heavy atom. The summed E-state index contributed by atoms with van der Waals surface area (Å²) < 4.78 is 10.7. The predicted molar refractivity (Wildman–Crippen MR) is 105 cm³/mol. The van der Waals surface area contributed by atoms with E-state index in [0.717, 1.165) is 11.4 Å². The number of rotatable bonds is 6. The van der Waals surface area contributed by atoms with E-state index in [0.29, 0.717) is 34.3 Å². The van der Waals surface area contributed by atoms with E-state index in [-0.39, 0.29) is 0 Å². The molecular formula is C19H25ClN4O2. The number of methoxy groups -OCH3 is 2. The molecule has 1 aromatic heterocycles. The lowest BCUT2D eigenvalue weighted by atomic mass is 9.96. The van der Waals surface area contributed by atoms with Crippen molar-refractivity contribution in [3.05, 3.63) is 28.9 Å². The molecule has 0 radical (unpaired) electrons. The van der Waals surface area contributed by atoms with Crippen molar-refractivity contribution in [2.75, 3.05) is 24.9 Å². The van der Waals surface area contributed by atoms with Gasteiger partial charge < -0.3 is 20.1 Å². The second kappa shape index (κ2) is 8.45. The molecule has 6 nitrogen and oxygen atoms in total. The molecule has 1 aliphatic rings. The minimum atomic E-state index is 0.448. The maximum Gasteiger partial charge on any atom is 0.225 e. The molecule has 0 aliphatic heterocycles. The number of nitrogens with one attached hydrogen (secondary N) is 2. The summed E-state index contributed by atoms with van der Waals surface area (Å²) in [7, 11) is 3.18. The molecule has 0 amide bonds. The highest BCUT2D eigenvalue weighted by atomic mass is 35.5. The second-order valence-electron chi connectivity index (χ2n) is 6.51. The summed E-state index contributed by atoms with van der Waals surface area (Å²) in [5.41, 5.74) is 1.62. The van der Waals surface area contributed by atoms with Crippen molar-refractivity contribution >= 4 is 29.1 Å². The first-order valence-corrected chi connectivity index (χ1v) is 9.27. The predicted octanol–water partition coefficient (Wildman–Crippen LogP) is 4.94. The van der Waals surface area contributed by atoms with Crippen LogP contribution in [0.3, 0.4) is 0 Å². The fourth-order valence-corrected chi connectivity index (χ4v) is 3.45. The second-order valence-corrected chi connectivity index (χ2v) is 6.92. The van der Waals surface area contributed by atoms with Crippen LogP contribution in [0.4, 0.5) is 17.5 Å². The van der Waals surface area contributed by atoms with E-state index >= 15 is 0 Å². The molecule has 26 heavy (non-hydrogen) atoms. The molecule has 0 saturated heterocycles. The van der Waals surface area contributed by atoms with Gasteiger partial charge in [0.1, 0.15) is 17.3 Å². The summed E-state index contributed by atoms with van der Waals surface area (Å²) in [5, 5.41) is 7.25. The van der Waals surface area contributed by atoms with Crippen molar-refractivity contribution in [3.8, 4) is 11.5 Å². The molecule has 1 heterocycles. The van der Waals surface area contributed by atoms with Gasteiger partial charge in [0.05, 0.1) is 24.9 Å². The van der Waals surface area contributed by atoms with Crippen molar-refractivity contribution in [3.63, 3.8) is 0 Å². The van der Waals surface area contributed by atoms with Gasteiger partial charge in [0.25, 0.3) is 0 Å². The van der Waals surface area contributed by atoms with E-state index in [1.54, 1.807) is 26.4 Å². The Bertz CT molecular complexity index is 763. The summed E-state index contributed by atoms with van der Waals surface area (Å²) in [6.45, 7) is 1.96. The van der Waals surface area contributed by atoms with Crippen LogP contribution < -0.4 is 20.1 Å². The number of nitrogens with zero attached hydrogens (tertiary/aromatic N) is 2. The Kier molecular flexibility index (Phi) is 6.04. The summed E-state index contributed by atoms with van der Waals surface area (Å²) in [5.74, 6) is 2.54. The summed E-state index contributed by atoms with van der Waals surface area (Å²) >= 11 is 6.17. The standard InChI is InChI=1S/C19H25ClN4O2/c1-12-9-18(24-19(21-12)22-13-7-5-4-6-8-13)23-15-11-16(25-2)14(20)10-17(15)26-3/h9-11,13H,4-8H2,1-3H3,(H2,21,22,23,24). The van der Waals surface area contributed by atoms with Gasteiger partial charge in [0, 0.05) is 29.9 Å². The van der Waals surface area contributed by atoms with Crippen LogP contribution in [0.5, 0.6) is 11.5 Å². The van der Waals surface area contributed by atoms with Gasteiger partial charge >= 0.3 is 0 Å². The Hall–Kier alpha value is -2.21. The zero-order valence-electron chi connectivity index (χ0n) is 15.4. The number of benzene rings is 1. The molecule has 1 aromatic carbocycles. The van der Waals surface area contributed by atoms with Crippen LogP contribution in [0.15, 0.2) is 18.2 Å². The van der Waals surface area contributed by atoms with E-state index in [1.165, 1.54) is 32.1 Å². The van der Waals surface area contributed by atoms with Gasteiger partial charge in [0.15, 0.2) is 0 Å². The molecule has 140 valence electrons. The van der Waals surface area contributed by atoms with E-state index in [4.69, 9.17) is 21.1 Å². The zero-order chi connectivity index (χ0) is 18.5. The third-order valence-corrected chi connectivity index (χ3v) is 4.82. The fourth-order valence-electron chi connectivity index (χ4n) is 3.22. The molecule has 2 N–H and O–H groups in total. The number of aromatic nitrogens is 2. The van der Waals surface area contributed by atoms with Crippen LogP contribution in [0.25, 0.3) is 0 Å². The molecule has 3 rings (SSSR count). The van der Waals surface area contributed by atoms with Gasteiger partial charge in [-0.15, -0.1) is 0 Å². The number of ether oxygens (including phenoxy) is 2. The third-order valence-electron chi connectivity index (χ3n) is 4.53. The highest BCUT2D eigenvalue weighted by Gasteiger charge is 2.15. The van der Waals surface area contributed by atoms with Gasteiger partial charge in [-0.05, 0) is 19.8 Å². The number of aryl methyl sites for hydroxylation is 1. The van der Waals surface area contributed by atoms with Crippen LogP contribution in [-0.2, 0) is 0 Å². The smallest absolute Gasteiger partial charge is 0.225 e. The third kappa shape index (κ3) is 4.49. The largest absolute Gasteiger partial charge is 0.495 e. The molecule has 1 fully saturated rings. The molecule has 1 saturated carbocycles. The van der Waals surface area contributed by atoms with Crippen LogP contribution >= 0.6 is 11.6 Å². The van der Waals surface area contributed by atoms with Gasteiger partial charge in [-0.25, -0.2) is 4.98 Å². The van der Waals surface area contributed by atoms with Gasteiger partial charge in [0.2, 0.25) is 5.95 Å². The highest BCUT2D eigenvalue weighted by molar-refractivity contribution is 6.32. The van der Waals surface area contributed by atoms with Gasteiger partial charge in [-0.2, -0.15) is 4.98 Å². The minimum Gasteiger partial charge on any atom is -0.495 e. The number of hydrogen-bond acceptors (Lipinski definition) is 6. The molecule has 0 unspecified atom stereocenters. The Labute approximate surface area is 159 Å². The molecular weight excluding hydrogens is 352 g/mol. The first-order chi connectivity index (χ1) is 12.6. The van der Waals surface area contributed by atoms with Crippen LogP contribution in [0, 0.1) is 6.92 Å². The van der Waals surface area contributed by atoms with Crippen LogP contribution in [-0.4, -0.2) is 30.2 Å². The summed E-state index contributed by atoms with van der Waals surface area (Å²) in [4.78, 5) is 9.13. The van der Waals surface area contributed by atoms with Crippen molar-refractivity contribution < 1.29 is 9.47 Å². The number of halogens is 1. The first-order valence-electron chi connectivity index (χ1n) is 8.90. The lowest BCUT2D eigenvalue weighted by Crippen LogP contribution is -2.23. The first kappa shape index (κ1) is 18.6. The average molecular weight is 377 g/mol. The average Bonchev–Trinajstić information content (AvgIpc) is 2.63. The maximum atomic E-state index is 6.17. The van der Waals surface area contributed by atoms with E-state index < -0.39 is 0 Å². The summed E-state index contributed by atoms with van der Waals surface area (Å²) in [6.07, 6.45) is 6.18. The quantitative estimate of drug-likeness (QED) is 0.743. The molecule has 1 aliphatic carbocycles. The van der Waals surface area contributed by atoms with Gasteiger partial charge in [-0.3, -0.25) is 0 Å². The van der Waals surface area contributed by atoms with Crippen LogP contribution in [0.1, 0.15) is 37.8 Å². The molecule has 0 atom stereocenters. The summed E-state index contributed by atoms with van der Waals surface area (Å²) in [6, 6.07) is 5.86. The SMILES string of the molecule is COc1cc(Nc2cc(C)nc(NC3CCCCC3)n2)c(OC)cc1Cl. The Balaban J connectivity index is 1.83.